The summed E-state index contributed by atoms with van der Waals surface area (Å²) in [5.41, 5.74) is 2.77. The molecule has 0 aliphatic heterocycles. The van der Waals surface area contributed by atoms with Gasteiger partial charge in [-0.2, -0.15) is 0 Å². The van der Waals surface area contributed by atoms with E-state index in [0.29, 0.717) is 11.5 Å². The average Bonchev–Trinajstić information content (AvgIpc) is 2.65. The van der Waals surface area contributed by atoms with E-state index >= 15 is 0 Å². The SMILES string of the molecule is COc1ccccc1OCCC(=O)N(C)CC(=O)Nc1c(C)cccc1C. The molecule has 144 valence electrons. The third-order valence-corrected chi connectivity index (χ3v) is 4.19. The van der Waals surface area contributed by atoms with Gasteiger partial charge in [-0.15, -0.1) is 0 Å². The number of carbonyl (C=O) groups excluding carboxylic acids is 2. The topological polar surface area (TPSA) is 67.9 Å². The fourth-order valence-corrected chi connectivity index (χ4v) is 2.67. The first-order chi connectivity index (χ1) is 12.9. The number of nitrogens with zero attached hydrogens (tertiary/aromatic N) is 1. The number of ether oxygens (including phenoxy) is 2. The normalized spacial score (nSPS) is 10.2. The van der Waals surface area contributed by atoms with Crippen molar-refractivity contribution in [2.75, 3.05) is 32.6 Å². The number of para-hydroxylation sites is 3. The number of amides is 2. The minimum absolute atomic E-state index is 0.0126. The predicted molar refractivity (Wildman–Crippen MR) is 105 cm³/mol. The molecule has 0 atom stereocenters. The Balaban J connectivity index is 1.82. The lowest BCUT2D eigenvalue weighted by Gasteiger charge is -2.18. The molecule has 0 saturated heterocycles. The van der Waals surface area contributed by atoms with E-state index in [0.717, 1.165) is 16.8 Å². The Kier molecular flexibility index (Phi) is 7.23. The van der Waals surface area contributed by atoms with Gasteiger partial charge < -0.3 is 19.7 Å². The van der Waals surface area contributed by atoms with Gasteiger partial charge in [0.15, 0.2) is 11.5 Å². The Labute approximate surface area is 160 Å². The minimum Gasteiger partial charge on any atom is -0.493 e. The van der Waals surface area contributed by atoms with Crippen molar-refractivity contribution >= 4 is 17.5 Å². The van der Waals surface area contributed by atoms with Crippen LogP contribution in [0.3, 0.4) is 0 Å². The van der Waals surface area contributed by atoms with Crippen LogP contribution in [0.1, 0.15) is 17.5 Å². The highest BCUT2D eigenvalue weighted by molar-refractivity contribution is 5.95. The molecule has 2 rings (SSSR count). The first kappa shape index (κ1) is 20.3. The zero-order valence-corrected chi connectivity index (χ0v) is 16.2. The highest BCUT2D eigenvalue weighted by Gasteiger charge is 2.15. The molecule has 27 heavy (non-hydrogen) atoms. The maximum atomic E-state index is 12.3. The van der Waals surface area contributed by atoms with Gasteiger partial charge in [0.05, 0.1) is 26.7 Å². The van der Waals surface area contributed by atoms with Crippen molar-refractivity contribution in [1.82, 2.24) is 4.90 Å². The lowest BCUT2D eigenvalue weighted by molar-refractivity contribution is -0.133. The van der Waals surface area contributed by atoms with Crippen LogP contribution in [0.5, 0.6) is 11.5 Å². The predicted octanol–water partition coefficient (Wildman–Crippen LogP) is 3.18. The van der Waals surface area contributed by atoms with Gasteiger partial charge in [0.25, 0.3) is 0 Å². The number of anilines is 1. The molecule has 0 bridgehead atoms. The summed E-state index contributed by atoms with van der Waals surface area (Å²) in [6, 6.07) is 13.1. The second-order valence-corrected chi connectivity index (χ2v) is 6.31. The first-order valence-corrected chi connectivity index (χ1v) is 8.78. The summed E-state index contributed by atoms with van der Waals surface area (Å²) in [6.07, 6.45) is 0.172. The van der Waals surface area contributed by atoms with Crippen molar-refractivity contribution in [3.8, 4) is 11.5 Å². The molecular weight excluding hydrogens is 344 g/mol. The number of rotatable bonds is 8. The van der Waals surface area contributed by atoms with Gasteiger partial charge in [-0.3, -0.25) is 9.59 Å². The van der Waals surface area contributed by atoms with Gasteiger partial charge in [0, 0.05) is 12.7 Å². The lowest BCUT2D eigenvalue weighted by Crippen LogP contribution is -2.35. The zero-order chi connectivity index (χ0) is 19.8. The fraction of sp³-hybridized carbons (Fsp3) is 0.333. The van der Waals surface area contributed by atoms with Crippen LogP contribution in [-0.4, -0.2) is 44.0 Å². The molecule has 0 aromatic heterocycles. The first-order valence-electron chi connectivity index (χ1n) is 8.78. The molecule has 0 heterocycles. The lowest BCUT2D eigenvalue weighted by atomic mass is 10.1. The standard InChI is InChI=1S/C21H26N2O4/c1-15-8-7-9-16(2)21(15)22-19(24)14-23(3)20(25)12-13-27-18-11-6-5-10-17(18)26-4/h5-11H,12-14H2,1-4H3,(H,22,24). The molecule has 0 radical (unpaired) electrons. The molecule has 0 fully saturated rings. The molecule has 1 N–H and O–H groups in total. The molecule has 2 aromatic rings. The summed E-state index contributed by atoms with van der Waals surface area (Å²) in [5, 5.41) is 2.88. The number of carbonyl (C=O) groups is 2. The van der Waals surface area contributed by atoms with Crippen LogP contribution >= 0.6 is 0 Å². The minimum atomic E-state index is -0.228. The van der Waals surface area contributed by atoms with Crippen LogP contribution in [0, 0.1) is 13.8 Å². The highest BCUT2D eigenvalue weighted by atomic mass is 16.5. The van der Waals surface area contributed by atoms with Gasteiger partial charge in [-0.25, -0.2) is 0 Å². The quantitative estimate of drug-likeness (QED) is 0.775. The Hall–Kier alpha value is -3.02. The third kappa shape index (κ3) is 5.74. The molecule has 0 aliphatic carbocycles. The van der Waals surface area contributed by atoms with Gasteiger partial charge in [-0.1, -0.05) is 30.3 Å². The second-order valence-electron chi connectivity index (χ2n) is 6.31. The van der Waals surface area contributed by atoms with E-state index in [2.05, 4.69) is 5.32 Å². The average molecular weight is 370 g/mol. The molecule has 6 heteroatoms. The number of aryl methyl sites for hydroxylation is 2. The molecule has 0 aliphatic rings. The van der Waals surface area contributed by atoms with E-state index in [1.54, 1.807) is 26.3 Å². The van der Waals surface area contributed by atoms with Crippen LogP contribution in [0.25, 0.3) is 0 Å². The van der Waals surface area contributed by atoms with Crippen molar-refractivity contribution < 1.29 is 19.1 Å². The molecule has 2 aromatic carbocycles. The Morgan fingerprint density at radius 2 is 1.63 bits per heavy atom. The Morgan fingerprint density at radius 3 is 2.26 bits per heavy atom. The summed E-state index contributed by atoms with van der Waals surface area (Å²) >= 11 is 0. The summed E-state index contributed by atoms with van der Waals surface area (Å²) in [4.78, 5) is 25.9. The van der Waals surface area contributed by atoms with Crippen LogP contribution in [-0.2, 0) is 9.59 Å². The van der Waals surface area contributed by atoms with E-state index in [1.165, 1.54) is 4.90 Å². The van der Waals surface area contributed by atoms with E-state index in [-0.39, 0.29) is 31.4 Å². The van der Waals surface area contributed by atoms with Crippen molar-refractivity contribution in [3.63, 3.8) is 0 Å². The van der Waals surface area contributed by atoms with E-state index in [1.807, 2.05) is 44.2 Å². The molecule has 0 saturated carbocycles. The van der Waals surface area contributed by atoms with Crippen LogP contribution in [0.15, 0.2) is 42.5 Å². The van der Waals surface area contributed by atoms with Gasteiger partial charge in [0.2, 0.25) is 11.8 Å². The van der Waals surface area contributed by atoms with Crippen molar-refractivity contribution in [2.24, 2.45) is 0 Å². The van der Waals surface area contributed by atoms with Crippen LogP contribution in [0.4, 0.5) is 5.69 Å². The Bertz CT molecular complexity index is 784. The summed E-state index contributed by atoms with van der Waals surface area (Å²) in [6.45, 7) is 4.07. The van der Waals surface area contributed by atoms with E-state index < -0.39 is 0 Å². The molecule has 0 unspecified atom stereocenters. The van der Waals surface area contributed by atoms with E-state index in [9.17, 15) is 9.59 Å². The highest BCUT2D eigenvalue weighted by Crippen LogP contribution is 2.25. The van der Waals surface area contributed by atoms with Crippen LogP contribution < -0.4 is 14.8 Å². The van der Waals surface area contributed by atoms with Crippen LogP contribution in [0.2, 0.25) is 0 Å². The largest absolute Gasteiger partial charge is 0.493 e. The molecule has 0 spiro atoms. The van der Waals surface area contributed by atoms with Gasteiger partial charge >= 0.3 is 0 Å². The number of likely N-dealkylation sites (N-methyl/N-ethyl adjacent to an activating group) is 1. The number of nitrogens with one attached hydrogen (secondary N) is 1. The number of methoxy groups -OCH3 is 1. The van der Waals surface area contributed by atoms with Gasteiger partial charge in [0.1, 0.15) is 0 Å². The third-order valence-electron chi connectivity index (χ3n) is 4.19. The monoisotopic (exact) mass is 370 g/mol. The van der Waals surface area contributed by atoms with Crippen molar-refractivity contribution in [1.29, 1.82) is 0 Å². The fourth-order valence-electron chi connectivity index (χ4n) is 2.67. The maximum Gasteiger partial charge on any atom is 0.243 e. The smallest absolute Gasteiger partial charge is 0.243 e. The maximum absolute atomic E-state index is 12.3. The summed E-state index contributed by atoms with van der Waals surface area (Å²) < 4.78 is 10.8. The molecular formula is C21H26N2O4. The number of hydrogen-bond acceptors (Lipinski definition) is 4. The molecule has 6 nitrogen and oxygen atoms in total. The summed E-state index contributed by atoms with van der Waals surface area (Å²) in [7, 11) is 3.17. The molecule has 2 amide bonds. The summed E-state index contributed by atoms with van der Waals surface area (Å²) in [5.74, 6) is 0.810. The second kappa shape index (κ2) is 9.62. The van der Waals surface area contributed by atoms with Crippen molar-refractivity contribution in [3.05, 3.63) is 53.6 Å². The number of hydrogen-bond donors (Lipinski definition) is 1. The van der Waals surface area contributed by atoms with Crippen molar-refractivity contribution in [2.45, 2.75) is 20.3 Å². The zero-order valence-electron chi connectivity index (χ0n) is 16.2. The van der Waals surface area contributed by atoms with Gasteiger partial charge in [-0.05, 0) is 37.1 Å². The van der Waals surface area contributed by atoms with E-state index in [4.69, 9.17) is 9.47 Å². The Morgan fingerprint density at radius 1 is 1.00 bits per heavy atom. The number of benzene rings is 2.